The molecule has 7 heteroatoms. The first-order valence-corrected chi connectivity index (χ1v) is 10.1. The van der Waals surface area contributed by atoms with Crippen LogP contribution in [0.25, 0.3) is 10.6 Å². The molecule has 3 heterocycles. The summed E-state index contributed by atoms with van der Waals surface area (Å²) >= 11 is 1.72. The highest BCUT2D eigenvalue weighted by Crippen LogP contribution is 2.34. The van der Waals surface area contributed by atoms with E-state index in [9.17, 15) is 4.79 Å². The van der Waals surface area contributed by atoms with Gasteiger partial charge in [-0.05, 0) is 31.4 Å². The van der Waals surface area contributed by atoms with Crippen molar-refractivity contribution in [3.63, 3.8) is 0 Å². The summed E-state index contributed by atoms with van der Waals surface area (Å²) in [7, 11) is 0. The molecule has 1 saturated heterocycles. The third kappa shape index (κ3) is 4.11. The van der Waals surface area contributed by atoms with Crippen LogP contribution < -0.4 is 5.32 Å². The topological polar surface area (TPSA) is 67.4 Å². The normalized spacial score (nSPS) is 20.5. The van der Waals surface area contributed by atoms with Crippen LogP contribution in [-0.2, 0) is 22.4 Å². The molecule has 0 spiro atoms. The number of rotatable bonds is 5. The molecule has 1 fully saturated rings. The molecule has 0 bridgehead atoms. The molecule has 0 aromatic carbocycles. The number of thiazole rings is 1. The molecule has 2 aromatic rings. The number of morpholine rings is 1. The highest BCUT2D eigenvalue weighted by Gasteiger charge is 2.27. The van der Waals surface area contributed by atoms with Gasteiger partial charge < -0.3 is 10.1 Å². The molecule has 1 N–H and O–H groups in total. The number of hydrogen-bond donors (Lipinski definition) is 1. The Balaban J connectivity index is 1.31. The van der Waals surface area contributed by atoms with Gasteiger partial charge in [-0.2, -0.15) is 0 Å². The smallest absolute Gasteiger partial charge is 0.223 e. The van der Waals surface area contributed by atoms with E-state index in [1.54, 1.807) is 23.7 Å². The van der Waals surface area contributed by atoms with Crippen molar-refractivity contribution in [3.05, 3.63) is 35.1 Å². The molecular formula is C19H24N4O2S. The second kappa shape index (κ2) is 8.24. The van der Waals surface area contributed by atoms with Gasteiger partial charge in [0, 0.05) is 54.9 Å². The average Bonchev–Trinajstić information content (AvgIpc) is 3.13. The number of fused-ring (bicyclic) bond motifs is 1. The quantitative estimate of drug-likeness (QED) is 0.866. The lowest BCUT2D eigenvalue weighted by Crippen LogP contribution is -2.43. The maximum absolute atomic E-state index is 12.5. The lowest BCUT2D eigenvalue weighted by molar-refractivity contribution is -0.125. The minimum Gasteiger partial charge on any atom is -0.379 e. The Bertz CT molecular complexity index is 743. The molecule has 1 atom stereocenters. The first-order valence-electron chi connectivity index (χ1n) is 9.26. The van der Waals surface area contributed by atoms with Crippen LogP contribution in [0.15, 0.2) is 24.5 Å². The molecule has 1 amide bonds. The number of nitrogens with zero attached hydrogens (tertiary/aromatic N) is 3. The van der Waals surface area contributed by atoms with E-state index in [4.69, 9.17) is 9.72 Å². The SMILES string of the molecule is O=C(NCCN1CCOCC1)C1CCc2nc(-c3ccncc3)sc2C1. The van der Waals surface area contributed by atoms with Crippen molar-refractivity contribution >= 4 is 17.2 Å². The Morgan fingerprint density at radius 1 is 1.31 bits per heavy atom. The predicted molar refractivity (Wildman–Crippen MR) is 101 cm³/mol. The summed E-state index contributed by atoms with van der Waals surface area (Å²) in [4.78, 5) is 25.0. The Kier molecular flexibility index (Phi) is 5.57. The van der Waals surface area contributed by atoms with E-state index in [1.165, 1.54) is 10.6 Å². The van der Waals surface area contributed by atoms with E-state index in [2.05, 4.69) is 15.2 Å². The van der Waals surface area contributed by atoms with Gasteiger partial charge in [-0.25, -0.2) is 4.98 Å². The standard InChI is InChI=1S/C19H24N4O2S/c24-18(21-7-8-23-9-11-25-12-10-23)15-1-2-16-17(13-15)26-19(22-16)14-3-5-20-6-4-14/h3-6,15H,1-2,7-13H2,(H,21,24). The number of carbonyl (C=O) groups excluding carboxylic acids is 1. The van der Waals surface area contributed by atoms with Crippen molar-refractivity contribution < 1.29 is 9.53 Å². The van der Waals surface area contributed by atoms with Crippen LogP contribution >= 0.6 is 11.3 Å². The Morgan fingerprint density at radius 3 is 2.92 bits per heavy atom. The van der Waals surface area contributed by atoms with Gasteiger partial charge in [0.15, 0.2) is 0 Å². The second-order valence-electron chi connectivity index (χ2n) is 6.81. The summed E-state index contributed by atoms with van der Waals surface area (Å²) in [6.07, 6.45) is 6.16. The van der Waals surface area contributed by atoms with Gasteiger partial charge in [0.25, 0.3) is 0 Å². The van der Waals surface area contributed by atoms with Gasteiger partial charge in [-0.1, -0.05) is 0 Å². The number of nitrogens with one attached hydrogen (secondary N) is 1. The van der Waals surface area contributed by atoms with Crippen LogP contribution in [0.4, 0.5) is 0 Å². The van der Waals surface area contributed by atoms with Crippen LogP contribution in [0.2, 0.25) is 0 Å². The van der Waals surface area contributed by atoms with Gasteiger partial charge >= 0.3 is 0 Å². The molecule has 1 unspecified atom stereocenters. The number of aromatic nitrogens is 2. The minimum atomic E-state index is 0.0675. The number of ether oxygens (including phenoxy) is 1. The molecule has 0 radical (unpaired) electrons. The Hall–Kier alpha value is -1.83. The highest BCUT2D eigenvalue weighted by atomic mass is 32.1. The number of hydrogen-bond acceptors (Lipinski definition) is 6. The zero-order valence-electron chi connectivity index (χ0n) is 14.8. The summed E-state index contributed by atoms with van der Waals surface area (Å²) in [6.45, 7) is 5.13. The summed E-state index contributed by atoms with van der Waals surface area (Å²) in [6, 6.07) is 3.97. The van der Waals surface area contributed by atoms with Crippen molar-refractivity contribution in [2.24, 2.45) is 5.92 Å². The average molecular weight is 372 g/mol. The Morgan fingerprint density at radius 2 is 2.12 bits per heavy atom. The fraction of sp³-hybridized carbons (Fsp3) is 0.526. The molecular weight excluding hydrogens is 348 g/mol. The van der Waals surface area contributed by atoms with E-state index in [-0.39, 0.29) is 11.8 Å². The first kappa shape index (κ1) is 17.6. The minimum absolute atomic E-state index is 0.0675. The lowest BCUT2D eigenvalue weighted by atomic mass is 9.90. The molecule has 4 rings (SSSR count). The van der Waals surface area contributed by atoms with E-state index >= 15 is 0 Å². The van der Waals surface area contributed by atoms with Crippen LogP contribution in [-0.4, -0.2) is 60.2 Å². The maximum Gasteiger partial charge on any atom is 0.223 e. The number of amides is 1. The summed E-state index contributed by atoms with van der Waals surface area (Å²) < 4.78 is 5.35. The van der Waals surface area contributed by atoms with Crippen LogP contribution in [0.3, 0.4) is 0 Å². The van der Waals surface area contributed by atoms with Crippen molar-refractivity contribution in [1.29, 1.82) is 0 Å². The second-order valence-corrected chi connectivity index (χ2v) is 7.89. The molecule has 2 aliphatic rings. The third-order valence-corrected chi connectivity index (χ3v) is 6.24. The summed E-state index contributed by atoms with van der Waals surface area (Å²) in [5, 5.41) is 4.16. The monoisotopic (exact) mass is 372 g/mol. The number of pyridine rings is 1. The van der Waals surface area contributed by atoms with E-state index < -0.39 is 0 Å². The lowest BCUT2D eigenvalue weighted by Gasteiger charge is -2.27. The number of aryl methyl sites for hydroxylation is 1. The van der Waals surface area contributed by atoms with Crippen LogP contribution in [0.1, 0.15) is 17.0 Å². The van der Waals surface area contributed by atoms with Gasteiger partial charge in [0.2, 0.25) is 5.91 Å². The van der Waals surface area contributed by atoms with Crippen molar-refractivity contribution in [3.8, 4) is 10.6 Å². The van der Waals surface area contributed by atoms with Gasteiger partial charge in [0.05, 0.1) is 18.9 Å². The zero-order chi connectivity index (χ0) is 17.8. The molecule has 0 saturated carbocycles. The van der Waals surface area contributed by atoms with Gasteiger partial charge in [-0.15, -0.1) is 11.3 Å². The molecule has 1 aliphatic heterocycles. The van der Waals surface area contributed by atoms with Crippen LogP contribution in [0, 0.1) is 5.92 Å². The maximum atomic E-state index is 12.5. The molecule has 2 aromatic heterocycles. The first-order chi connectivity index (χ1) is 12.8. The molecule has 26 heavy (non-hydrogen) atoms. The Labute approximate surface area is 157 Å². The summed E-state index contributed by atoms with van der Waals surface area (Å²) in [5.41, 5.74) is 2.27. The molecule has 138 valence electrons. The molecule has 6 nitrogen and oxygen atoms in total. The largest absolute Gasteiger partial charge is 0.379 e. The number of carbonyl (C=O) groups is 1. The summed E-state index contributed by atoms with van der Waals surface area (Å²) in [5.74, 6) is 0.251. The zero-order valence-corrected chi connectivity index (χ0v) is 15.6. The van der Waals surface area contributed by atoms with E-state index in [0.717, 1.165) is 62.7 Å². The fourth-order valence-corrected chi connectivity index (χ4v) is 4.72. The van der Waals surface area contributed by atoms with Gasteiger partial charge in [0.1, 0.15) is 5.01 Å². The van der Waals surface area contributed by atoms with E-state index in [1.807, 2.05) is 12.1 Å². The third-order valence-electron chi connectivity index (χ3n) is 5.07. The fourth-order valence-electron chi connectivity index (χ4n) is 3.52. The van der Waals surface area contributed by atoms with Crippen LogP contribution in [0.5, 0.6) is 0 Å². The van der Waals surface area contributed by atoms with E-state index in [0.29, 0.717) is 6.54 Å². The predicted octanol–water partition coefficient (Wildman–Crippen LogP) is 1.76. The highest BCUT2D eigenvalue weighted by molar-refractivity contribution is 7.15. The van der Waals surface area contributed by atoms with Crippen molar-refractivity contribution in [2.75, 3.05) is 39.4 Å². The van der Waals surface area contributed by atoms with Crippen molar-refractivity contribution in [2.45, 2.75) is 19.3 Å². The van der Waals surface area contributed by atoms with Crippen molar-refractivity contribution in [1.82, 2.24) is 20.2 Å². The molecule has 1 aliphatic carbocycles. The van der Waals surface area contributed by atoms with Gasteiger partial charge in [-0.3, -0.25) is 14.7 Å².